The first-order chi connectivity index (χ1) is 6.29. The van der Waals surface area contributed by atoms with Crippen molar-refractivity contribution in [3.8, 4) is 6.07 Å². The first kappa shape index (κ1) is 10.4. The minimum absolute atomic E-state index is 0.0162. The Balaban J connectivity index is 2.50. The molecule has 0 saturated carbocycles. The minimum atomic E-state index is -0.0162. The number of hydrogen-bond acceptors (Lipinski definition) is 3. The van der Waals surface area contributed by atoms with Crippen LogP contribution in [0, 0.1) is 11.3 Å². The Hall–Kier alpha value is -0.690. The Kier molecular flexibility index (Phi) is 4.10. The molecule has 0 bridgehead atoms. The Labute approximate surface area is 83.1 Å². The maximum absolute atomic E-state index is 11.5. The summed E-state index contributed by atoms with van der Waals surface area (Å²) in [4.78, 5) is 13.3. The molecule has 0 aromatic carbocycles. The fraction of sp³-hybridized carbons (Fsp3) is 0.778. The van der Waals surface area contributed by atoms with E-state index in [1.54, 1.807) is 0 Å². The molecule has 0 radical (unpaired) electrons. The van der Waals surface area contributed by atoms with Crippen molar-refractivity contribution < 1.29 is 4.79 Å². The molecular weight excluding hydrogens is 184 g/mol. The van der Waals surface area contributed by atoms with E-state index in [9.17, 15) is 4.79 Å². The van der Waals surface area contributed by atoms with Crippen LogP contribution < -0.4 is 0 Å². The predicted octanol–water partition coefficient (Wildman–Crippen LogP) is 1.25. The van der Waals surface area contributed by atoms with Gasteiger partial charge in [-0.1, -0.05) is 0 Å². The van der Waals surface area contributed by atoms with E-state index in [1.165, 1.54) is 0 Å². The van der Waals surface area contributed by atoms with Gasteiger partial charge in [-0.05, 0) is 19.1 Å². The molecule has 0 aliphatic carbocycles. The molecule has 3 nitrogen and oxygen atoms in total. The van der Waals surface area contributed by atoms with E-state index < -0.39 is 0 Å². The van der Waals surface area contributed by atoms with Gasteiger partial charge in [-0.15, -0.1) is 0 Å². The average Bonchev–Trinajstić information content (AvgIpc) is 2.59. The number of carbonyl (C=O) groups excluding carboxylic acids is 1. The highest BCUT2D eigenvalue weighted by molar-refractivity contribution is 7.99. The zero-order valence-corrected chi connectivity index (χ0v) is 8.64. The van der Waals surface area contributed by atoms with Crippen molar-refractivity contribution in [2.24, 2.45) is 0 Å². The van der Waals surface area contributed by atoms with Crippen LogP contribution in [0.25, 0.3) is 0 Å². The van der Waals surface area contributed by atoms with Crippen molar-refractivity contribution in [1.29, 1.82) is 5.26 Å². The number of carbonyl (C=O) groups is 1. The molecule has 0 spiro atoms. The molecule has 1 rings (SSSR count). The smallest absolute Gasteiger partial charge is 0.237 e. The number of hydrogen-bond donors (Lipinski definition) is 0. The lowest BCUT2D eigenvalue weighted by Gasteiger charge is -2.26. The highest BCUT2D eigenvalue weighted by atomic mass is 32.2. The summed E-state index contributed by atoms with van der Waals surface area (Å²) in [5, 5.41) is 8.42. The number of nitrogens with zero attached hydrogens (tertiary/aromatic N) is 2. The van der Waals surface area contributed by atoms with Crippen molar-refractivity contribution in [3.05, 3.63) is 0 Å². The van der Waals surface area contributed by atoms with E-state index >= 15 is 0 Å². The van der Waals surface area contributed by atoms with Crippen LogP contribution in [-0.2, 0) is 4.79 Å². The van der Waals surface area contributed by atoms with Crippen LogP contribution in [0.1, 0.15) is 19.8 Å². The minimum Gasteiger partial charge on any atom is -0.338 e. The highest BCUT2D eigenvalue weighted by Gasteiger charge is 2.25. The maximum Gasteiger partial charge on any atom is 0.237 e. The van der Waals surface area contributed by atoms with Gasteiger partial charge in [0.05, 0.1) is 6.07 Å². The second-order valence-corrected chi connectivity index (χ2v) is 4.18. The van der Waals surface area contributed by atoms with Gasteiger partial charge < -0.3 is 4.90 Å². The number of thioether (sulfide) groups is 1. The van der Waals surface area contributed by atoms with Gasteiger partial charge >= 0.3 is 0 Å². The Morgan fingerprint density at radius 3 is 3.00 bits per heavy atom. The molecular formula is C9H14N2OS. The van der Waals surface area contributed by atoms with Crippen LogP contribution in [-0.4, -0.2) is 34.9 Å². The third-order valence-corrected chi connectivity index (χ3v) is 3.38. The summed E-state index contributed by atoms with van der Waals surface area (Å²) in [7, 11) is 0. The van der Waals surface area contributed by atoms with Crippen LogP contribution in [0.5, 0.6) is 0 Å². The third kappa shape index (κ3) is 2.63. The van der Waals surface area contributed by atoms with Gasteiger partial charge in [0.15, 0.2) is 0 Å². The second kappa shape index (κ2) is 5.13. The van der Waals surface area contributed by atoms with Crippen LogP contribution in [0.2, 0.25) is 0 Å². The predicted molar refractivity (Wildman–Crippen MR) is 53.3 cm³/mol. The molecule has 1 fully saturated rings. The third-order valence-electron chi connectivity index (χ3n) is 2.24. The van der Waals surface area contributed by atoms with Crippen LogP contribution in [0.3, 0.4) is 0 Å². The normalized spacial score (nSPS) is 21.1. The highest BCUT2D eigenvalue weighted by Crippen LogP contribution is 2.22. The summed E-state index contributed by atoms with van der Waals surface area (Å²) >= 11 is 1.88. The molecule has 1 amide bonds. The lowest BCUT2D eigenvalue weighted by Crippen LogP contribution is -2.39. The van der Waals surface area contributed by atoms with Gasteiger partial charge in [-0.25, -0.2) is 0 Å². The van der Waals surface area contributed by atoms with Crippen molar-refractivity contribution in [1.82, 2.24) is 4.90 Å². The first-order valence-corrected chi connectivity index (χ1v) is 5.69. The van der Waals surface area contributed by atoms with Crippen molar-refractivity contribution in [3.63, 3.8) is 0 Å². The van der Waals surface area contributed by atoms with Crippen molar-refractivity contribution in [2.75, 3.05) is 18.1 Å². The molecule has 1 atom stereocenters. The molecule has 0 aromatic heterocycles. The lowest BCUT2D eigenvalue weighted by molar-refractivity contribution is -0.131. The van der Waals surface area contributed by atoms with Crippen LogP contribution >= 0.6 is 11.8 Å². The van der Waals surface area contributed by atoms with Gasteiger partial charge in [-0.2, -0.15) is 17.0 Å². The monoisotopic (exact) mass is 198 g/mol. The summed E-state index contributed by atoms with van der Waals surface area (Å²) in [5.74, 6) is 2.16. The molecule has 4 heteroatoms. The Bertz CT molecular complexity index is 218. The van der Waals surface area contributed by atoms with E-state index in [1.807, 2.05) is 29.7 Å². The van der Waals surface area contributed by atoms with Gasteiger partial charge in [0.25, 0.3) is 0 Å². The molecule has 0 N–H and O–H groups in total. The topological polar surface area (TPSA) is 44.1 Å². The lowest BCUT2D eigenvalue weighted by atomic mass is 10.2. The average molecular weight is 198 g/mol. The second-order valence-electron chi connectivity index (χ2n) is 3.03. The summed E-state index contributed by atoms with van der Waals surface area (Å²) in [6.07, 6.45) is 1.10. The van der Waals surface area contributed by atoms with Crippen molar-refractivity contribution in [2.45, 2.75) is 25.8 Å². The molecule has 1 aliphatic heterocycles. The van der Waals surface area contributed by atoms with E-state index in [2.05, 4.69) is 0 Å². The van der Waals surface area contributed by atoms with E-state index in [-0.39, 0.29) is 12.3 Å². The van der Waals surface area contributed by atoms with E-state index in [0.29, 0.717) is 6.04 Å². The summed E-state index contributed by atoms with van der Waals surface area (Å²) in [6, 6.07) is 2.28. The molecule has 1 saturated heterocycles. The Morgan fingerprint density at radius 2 is 2.54 bits per heavy atom. The van der Waals surface area contributed by atoms with Gasteiger partial charge in [0.1, 0.15) is 6.42 Å². The van der Waals surface area contributed by atoms with Gasteiger partial charge in [0.2, 0.25) is 5.91 Å². The number of amides is 1. The van der Waals surface area contributed by atoms with Crippen molar-refractivity contribution >= 4 is 17.7 Å². The summed E-state index contributed by atoms with van der Waals surface area (Å²) in [6.45, 7) is 2.70. The first-order valence-electron chi connectivity index (χ1n) is 4.53. The molecule has 1 aliphatic rings. The number of nitriles is 1. The fourth-order valence-electron chi connectivity index (χ4n) is 1.58. The van der Waals surface area contributed by atoms with Gasteiger partial charge in [0, 0.05) is 18.3 Å². The molecule has 0 unspecified atom stereocenters. The quantitative estimate of drug-likeness (QED) is 0.685. The zero-order chi connectivity index (χ0) is 9.68. The molecule has 13 heavy (non-hydrogen) atoms. The van der Waals surface area contributed by atoms with Gasteiger partial charge in [-0.3, -0.25) is 4.79 Å². The summed E-state index contributed by atoms with van der Waals surface area (Å²) in [5.41, 5.74) is 0. The molecule has 0 aromatic rings. The van der Waals surface area contributed by atoms with Crippen LogP contribution in [0.15, 0.2) is 0 Å². The molecule has 1 heterocycles. The number of rotatable bonds is 3. The summed E-state index contributed by atoms with van der Waals surface area (Å²) < 4.78 is 0. The standard InChI is InChI=1S/C9H14N2OS/c1-2-11(9(12)3-5-10)8-4-6-13-7-8/h8H,2-4,6-7H2,1H3/t8-/m0/s1. The zero-order valence-electron chi connectivity index (χ0n) is 7.82. The fourth-order valence-corrected chi connectivity index (χ4v) is 2.80. The maximum atomic E-state index is 11.5. The van der Waals surface area contributed by atoms with E-state index in [0.717, 1.165) is 24.5 Å². The van der Waals surface area contributed by atoms with Crippen LogP contribution in [0.4, 0.5) is 0 Å². The molecule has 72 valence electrons. The van der Waals surface area contributed by atoms with E-state index in [4.69, 9.17) is 5.26 Å². The Morgan fingerprint density at radius 1 is 1.77 bits per heavy atom. The SMILES string of the molecule is CCN(C(=O)CC#N)[C@H]1CCSC1. The largest absolute Gasteiger partial charge is 0.338 e.